The Bertz CT molecular complexity index is 419. The summed E-state index contributed by atoms with van der Waals surface area (Å²) in [6, 6.07) is 8.43. The number of rotatable bonds is 6. The molecule has 0 aliphatic carbocycles. The Kier molecular flexibility index (Phi) is 5.99. The number of carbonyl (C=O) groups is 1. The lowest BCUT2D eigenvalue weighted by Crippen LogP contribution is -1.96. The minimum Gasteiger partial charge on any atom is -0.481 e. The molecule has 0 saturated heterocycles. The third-order valence-corrected chi connectivity index (χ3v) is 3.51. The van der Waals surface area contributed by atoms with Crippen LogP contribution < -0.4 is 0 Å². The topological polar surface area (TPSA) is 37.3 Å². The highest BCUT2D eigenvalue weighted by molar-refractivity contribution is 7.98. The summed E-state index contributed by atoms with van der Waals surface area (Å²) in [5.41, 5.74) is 2.41. The average Bonchev–Trinajstić information content (AvgIpc) is 2.34. The highest BCUT2D eigenvalue weighted by Gasteiger charge is 2.06. The van der Waals surface area contributed by atoms with Gasteiger partial charge < -0.3 is 5.11 Å². The summed E-state index contributed by atoms with van der Waals surface area (Å²) in [6.07, 6.45) is 4.89. The average molecular weight is 264 g/mol. The Labute approximate surface area is 113 Å². The molecule has 0 aliphatic heterocycles. The minimum absolute atomic E-state index is 0.194. The van der Waals surface area contributed by atoms with E-state index in [0.717, 1.165) is 0 Å². The van der Waals surface area contributed by atoms with E-state index in [1.165, 1.54) is 16.0 Å². The van der Waals surface area contributed by atoms with Crippen molar-refractivity contribution >= 4 is 23.3 Å². The van der Waals surface area contributed by atoms with Crippen molar-refractivity contribution in [2.75, 3.05) is 6.26 Å². The zero-order valence-electron chi connectivity index (χ0n) is 11.1. The smallest absolute Gasteiger partial charge is 0.303 e. The first kappa shape index (κ1) is 14.8. The molecule has 0 aromatic heterocycles. The van der Waals surface area contributed by atoms with E-state index in [0.29, 0.717) is 12.3 Å². The van der Waals surface area contributed by atoms with Gasteiger partial charge in [-0.1, -0.05) is 32.1 Å². The lowest BCUT2D eigenvalue weighted by atomic mass is 9.94. The van der Waals surface area contributed by atoms with Crippen LogP contribution in [0, 0.1) is 5.92 Å². The van der Waals surface area contributed by atoms with Crippen molar-refractivity contribution < 1.29 is 9.90 Å². The van der Waals surface area contributed by atoms with Crippen molar-refractivity contribution in [2.24, 2.45) is 5.92 Å². The molecule has 0 atom stereocenters. The molecule has 1 rings (SSSR count). The van der Waals surface area contributed by atoms with E-state index in [1.54, 1.807) is 11.8 Å². The predicted molar refractivity (Wildman–Crippen MR) is 77.9 cm³/mol. The first-order valence-electron chi connectivity index (χ1n) is 6.11. The Morgan fingerprint density at radius 1 is 1.33 bits per heavy atom. The summed E-state index contributed by atoms with van der Waals surface area (Å²) in [7, 11) is 0. The molecule has 0 spiro atoms. The van der Waals surface area contributed by atoms with Gasteiger partial charge in [0, 0.05) is 11.3 Å². The molecule has 1 aromatic carbocycles. The summed E-state index contributed by atoms with van der Waals surface area (Å²) in [6.45, 7) is 4.27. The fourth-order valence-corrected chi connectivity index (χ4v) is 2.23. The SMILES string of the molecule is CSc1ccc(/C(=C/CCC(=O)O)C(C)C)cc1. The highest BCUT2D eigenvalue weighted by atomic mass is 32.2. The molecule has 0 saturated carbocycles. The van der Waals surface area contributed by atoms with Gasteiger partial charge in [-0.05, 0) is 41.9 Å². The van der Waals surface area contributed by atoms with Crippen LogP contribution >= 0.6 is 11.8 Å². The highest BCUT2D eigenvalue weighted by Crippen LogP contribution is 2.26. The molecule has 0 radical (unpaired) electrons. The summed E-state index contributed by atoms with van der Waals surface area (Å²) < 4.78 is 0. The number of aliphatic carboxylic acids is 1. The number of carboxylic acids is 1. The van der Waals surface area contributed by atoms with Crippen LogP contribution in [0.2, 0.25) is 0 Å². The quantitative estimate of drug-likeness (QED) is 0.778. The van der Waals surface area contributed by atoms with Crippen LogP contribution in [0.1, 0.15) is 32.3 Å². The van der Waals surface area contributed by atoms with Crippen LogP contribution in [0.3, 0.4) is 0 Å². The Balaban J connectivity index is 2.86. The lowest BCUT2D eigenvalue weighted by molar-refractivity contribution is -0.136. The van der Waals surface area contributed by atoms with E-state index in [2.05, 4.69) is 44.4 Å². The van der Waals surface area contributed by atoms with Crippen LogP contribution in [0.25, 0.3) is 5.57 Å². The van der Waals surface area contributed by atoms with E-state index < -0.39 is 5.97 Å². The normalized spacial score (nSPS) is 11.9. The second kappa shape index (κ2) is 7.27. The van der Waals surface area contributed by atoms with E-state index in [4.69, 9.17) is 5.11 Å². The number of hydrogen-bond donors (Lipinski definition) is 1. The maximum atomic E-state index is 10.5. The Morgan fingerprint density at radius 3 is 2.39 bits per heavy atom. The van der Waals surface area contributed by atoms with Crippen molar-refractivity contribution in [3.8, 4) is 0 Å². The first-order chi connectivity index (χ1) is 8.54. The summed E-state index contributed by atoms with van der Waals surface area (Å²) >= 11 is 1.72. The summed E-state index contributed by atoms with van der Waals surface area (Å²) in [5.74, 6) is -0.342. The van der Waals surface area contributed by atoms with Gasteiger partial charge in [0.25, 0.3) is 0 Å². The fraction of sp³-hybridized carbons (Fsp3) is 0.400. The minimum atomic E-state index is -0.743. The molecule has 1 N–H and O–H groups in total. The van der Waals surface area contributed by atoms with Crippen LogP contribution in [-0.2, 0) is 4.79 Å². The van der Waals surface area contributed by atoms with Crippen LogP contribution in [0.5, 0.6) is 0 Å². The molecule has 0 aliphatic rings. The van der Waals surface area contributed by atoms with Crippen molar-refractivity contribution in [2.45, 2.75) is 31.6 Å². The van der Waals surface area contributed by atoms with E-state index in [9.17, 15) is 4.79 Å². The molecule has 3 heteroatoms. The van der Waals surface area contributed by atoms with Gasteiger partial charge in [0.2, 0.25) is 0 Å². The molecule has 0 heterocycles. The molecule has 0 bridgehead atoms. The number of thioether (sulfide) groups is 1. The van der Waals surface area contributed by atoms with E-state index in [-0.39, 0.29) is 6.42 Å². The Hall–Kier alpha value is -1.22. The van der Waals surface area contributed by atoms with E-state index >= 15 is 0 Å². The molecule has 0 amide bonds. The number of hydrogen-bond acceptors (Lipinski definition) is 2. The molecule has 0 unspecified atom stereocenters. The fourth-order valence-electron chi connectivity index (χ4n) is 1.82. The number of benzene rings is 1. The second-order valence-electron chi connectivity index (χ2n) is 4.48. The maximum absolute atomic E-state index is 10.5. The third kappa shape index (κ3) is 4.57. The van der Waals surface area contributed by atoms with Crippen LogP contribution in [-0.4, -0.2) is 17.3 Å². The molecule has 2 nitrogen and oxygen atoms in total. The van der Waals surface area contributed by atoms with Gasteiger partial charge in [-0.15, -0.1) is 11.8 Å². The molecule has 18 heavy (non-hydrogen) atoms. The lowest BCUT2D eigenvalue weighted by Gasteiger charge is -2.12. The summed E-state index contributed by atoms with van der Waals surface area (Å²) in [5, 5.41) is 8.67. The van der Waals surface area contributed by atoms with Gasteiger partial charge in [-0.3, -0.25) is 4.79 Å². The van der Waals surface area contributed by atoms with Crippen molar-refractivity contribution in [1.82, 2.24) is 0 Å². The van der Waals surface area contributed by atoms with Gasteiger partial charge in [-0.2, -0.15) is 0 Å². The van der Waals surface area contributed by atoms with Gasteiger partial charge >= 0.3 is 5.97 Å². The molecular formula is C15H20O2S. The predicted octanol–water partition coefficient (Wildman–Crippen LogP) is 4.31. The van der Waals surface area contributed by atoms with Gasteiger partial charge in [-0.25, -0.2) is 0 Å². The van der Waals surface area contributed by atoms with Gasteiger partial charge in [0.1, 0.15) is 0 Å². The summed E-state index contributed by atoms with van der Waals surface area (Å²) in [4.78, 5) is 11.8. The second-order valence-corrected chi connectivity index (χ2v) is 5.35. The first-order valence-corrected chi connectivity index (χ1v) is 7.33. The molecule has 98 valence electrons. The zero-order chi connectivity index (χ0) is 13.5. The molecule has 0 fully saturated rings. The molecule has 1 aromatic rings. The van der Waals surface area contributed by atoms with Gasteiger partial charge in [0.05, 0.1) is 0 Å². The van der Waals surface area contributed by atoms with Crippen molar-refractivity contribution in [3.05, 3.63) is 35.9 Å². The van der Waals surface area contributed by atoms with Crippen LogP contribution in [0.15, 0.2) is 35.2 Å². The zero-order valence-corrected chi connectivity index (χ0v) is 12.0. The Morgan fingerprint density at radius 2 is 1.94 bits per heavy atom. The van der Waals surface area contributed by atoms with Gasteiger partial charge in [0.15, 0.2) is 0 Å². The standard InChI is InChI=1S/C15H20O2S/c1-11(2)14(5-4-6-15(16)17)12-7-9-13(18-3)10-8-12/h5,7-11H,4,6H2,1-3H3,(H,16,17)/b14-5+. The van der Waals surface area contributed by atoms with Crippen LogP contribution in [0.4, 0.5) is 0 Å². The third-order valence-electron chi connectivity index (χ3n) is 2.77. The monoisotopic (exact) mass is 264 g/mol. The maximum Gasteiger partial charge on any atom is 0.303 e. The van der Waals surface area contributed by atoms with Crippen molar-refractivity contribution in [3.63, 3.8) is 0 Å². The largest absolute Gasteiger partial charge is 0.481 e. The van der Waals surface area contributed by atoms with E-state index in [1.807, 2.05) is 6.08 Å². The molecular weight excluding hydrogens is 244 g/mol. The number of allylic oxidation sites excluding steroid dienone is 2. The number of carboxylic acid groups (broad SMARTS) is 1. The van der Waals surface area contributed by atoms with Crippen molar-refractivity contribution in [1.29, 1.82) is 0 Å².